The summed E-state index contributed by atoms with van der Waals surface area (Å²) in [5.74, 6) is -0.848. The summed E-state index contributed by atoms with van der Waals surface area (Å²) in [6, 6.07) is 10.6. The number of carbonyl (C=O) groups is 1. The molecule has 3 rings (SSSR count). The Morgan fingerprint density at radius 2 is 1.74 bits per heavy atom. The maximum atomic E-state index is 13.1. The molecule has 2 aromatic carbocycles. The van der Waals surface area contributed by atoms with Crippen molar-refractivity contribution in [3.8, 4) is 22.9 Å². The molecule has 34 heavy (non-hydrogen) atoms. The standard InChI is InChI=1S/C21H16BrF3N2O6S/c1-26-16(21(23,24)25)10-17(28)27(20(26)31)11-7-8-12(22)15(9-11)32-13-5-3-4-6-14(13)33-19(34-2)18(29)30/h3-10,19H,1-2H3,(H,29,30). The fourth-order valence-electron chi connectivity index (χ4n) is 2.91. The normalized spacial score (nSPS) is 12.3. The van der Waals surface area contributed by atoms with E-state index < -0.39 is 34.5 Å². The van der Waals surface area contributed by atoms with E-state index in [2.05, 4.69) is 15.9 Å². The highest BCUT2D eigenvalue weighted by Crippen LogP contribution is 2.37. The van der Waals surface area contributed by atoms with Crippen LogP contribution in [0, 0.1) is 0 Å². The van der Waals surface area contributed by atoms with Crippen molar-refractivity contribution in [1.29, 1.82) is 0 Å². The second-order valence-electron chi connectivity index (χ2n) is 6.73. The van der Waals surface area contributed by atoms with Gasteiger partial charge in [-0.3, -0.25) is 9.36 Å². The van der Waals surface area contributed by atoms with Crippen molar-refractivity contribution in [3.05, 3.63) is 79.5 Å². The second kappa shape index (κ2) is 9.97. The van der Waals surface area contributed by atoms with Crippen LogP contribution in [0.4, 0.5) is 13.2 Å². The average molecular weight is 561 g/mol. The van der Waals surface area contributed by atoms with E-state index in [1.54, 1.807) is 18.4 Å². The van der Waals surface area contributed by atoms with E-state index in [-0.39, 0.29) is 22.9 Å². The number of nitrogens with zero attached hydrogens (tertiary/aromatic N) is 2. The van der Waals surface area contributed by atoms with Crippen LogP contribution in [0.5, 0.6) is 17.2 Å². The molecule has 0 bridgehead atoms. The number of benzene rings is 2. The van der Waals surface area contributed by atoms with Crippen molar-refractivity contribution >= 4 is 33.7 Å². The van der Waals surface area contributed by atoms with Gasteiger partial charge in [0, 0.05) is 19.2 Å². The highest BCUT2D eigenvalue weighted by atomic mass is 79.9. The Morgan fingerprint density at radius 1 is 1.09 bits per heavy atom. The minimum Gasteiger partial charge on any atom is -0.478 e. The van der Waals surface area contributed by atoms with E-state index >= 15 is 0 Å². The predicted molar refractivity (Wildman–Crippen MR) is 122 cm³/mol. The van der Waals surface area contributed by atoms with Crippen LogP contribution in [-0.4, -0.2) is 31.9 Å². The van der Waals surface area contributed by atoms with Gasteiger partial charge in [-0.2, -0.15) is 13.2 Å². The monoisotopic (exact) mass is 560 g/mol. The molecule has 180 valence electrons. The van der Waals surface area contributed by atoms with Gasteiger partial charge < -0.3 is 14.6 Å². The summed E-state index contributed by atoms with van der Waals surface area (Å²) in [7, 11) is 0.912. The lowest BCUT2D eigenvalue weighted by Gasteiger charge is -2.17. The molecule has 8 nitrogen and oxygen atoms in total. The minimum atomic E-state index is -4.88. The van der Waals surface area contributed by atoms with Crippen molar-refractivity contribution in [1.82, 2.24) is 9.13 Å². The first-order valence-electron chi connectivity index (χ1n) is 9.33. The number of hydrogen-bond acceptors (Lipinski definition) is 6. The zero-order valence-electron chi connectivity index (χ0n) is 17.5. The first-order chi connectivity index (χ1) is 15.9. The maximum Gasteiger partial charge on any atom is 0.431 e. The molecule has 1 aromatic heterocycles. The molecular formula is C21H16BrF3N2O6S. The number of halogens is 4. The Kier molecular flexibility index (Phi) is 7.46. The molecule has 1 atom stereocenters. The molecule has 0 saturated heterocycles. The van der Waals surface area contributed by atoms with Crippen LogP contribution >= 0.6 is 27.7 Å². The number of para-hydroxylation sites is 2. The lowest BCUT2D eigenvalue weighted by atomic mass is 10.2. The van der Waals surface area contributed by atoms with Crippen LogP contribution in [0.3, 0.4) is 0 Å². The van der Waals surface area contributed by atoms with Crippen LogP contribution in [0.1, 0.15) is 5.69 Å². The van der Waals surface area contributed by atoms with Gasteiger partial charge >= 0.3 is 17.8 Å². The van der Waals surface area contributed by atoms with Gasteiger partial charge in [0.05, 0.1) is 10.2 Å². The molecule has 3 aromatic rings. The van der Waals surface area contributed by atoms with Crippen molar-refractivity contribution in [2.24, 2.45) is 7.05 Å². The summed E-state index contributed by atoms with van der Waals surface area (Å²) in [5.41, 5.74) is -4.98. The fraction of sp³-hybridized carbons (Fsp3) is 0.190. The summed E-state index contributed by atoms with van der Waals surface area (Å²) >= 11 is 4.23. The highest BCUT2D eigenvalue weighted by molar-refractivity contribution is 9.10. The van der Waals surface area contributed by atoms with Crippen LogP contribution in [0.15, 0.2) is 62.6 Å². The van der Waals surface area contributed by atoms with Gasteiger partial charge in [-0.1, -0.05) is 12.1 Å². The number of alkyl halides is 3. The Balaban J connectivity index is 2.05. The molecule has 1 heterocycles. The fourth-order valence-corrected chi connectivity index (χ4v) is 3.64. The summed E-state index contributed by atoms with van der Waals surface area (Å²) in [6.45, 7) is 0. The molecule has 0 saturated carbocycles. The lowest BCUT2D eigenvalue weighted by molar-refractivity contribution is -0.144. The smallest absolute Gasteiger partial charge is 0.431 e. The SMILES string of the molecule is CSC(Oc1ccccc1Oc1cc(-n2c(=O)cc(C(F)(F)F)n(C)c2=O)ccc1Br)C(=O)O. The van der Waals surface area contributed by atoms with Crippen molar-refractivity contribution in [3.63, 3.8) is 0 Å². The Hall–Kier alpha value is -3.19. The van der Waals surface area contributed by atoms with Gasteiger partial charge in [-0.15, -0.1) is 11.8 Å². The van der Waals surface area contributed by atoms with E-state index in [9.17, 15) is 32.7 Å². The third-order valence-corrected chi connectivity index (χ3v) is 5.88. The Bertz CT molecular complexity index is 1360. The van der Waals surface area contributed by atoms with E-state index in [1.807, 2.05) is 0 Å². The molecule has 0 aliphatic rings. The third kappa shape index (κ3) is 5.30. The van der Waals surface area contributed by atoms with Gasteiger partial charge in [-0.25, -0.2) is 14.2 Å². The summed E-state index contributed by atoms with van der Waals surface area (Å²) in [5, 5.41) is 9.24. The average Bonchev–Trinajstić information content (AvgIpc) is 2.76. The first kappa shape index (κ1) is 25.4. The third-order valence-electron chi connectivity index (χ3n) is 4.50. The topological polar surface area (TPSA) is 99.8 Å². The molecule has 0 amide bonds. The zero-order valence-corrected chi connectivity index (χ0v) is 19.9. The second-order valence-corrected chi connectivity index (χ2v) is 8.48. The van der Waals surface area contributed by atoms with Crippen molar-refractivity contribution < 1.29 is 32.5 Å². The van der Waals surface area contributed by atoms with Gasteiger partial charge in [0.25, 0.3) is 5.56 Å². The summed E-state index contributed by atoms with van der Waals surface area (Å²) in [6.07, 6.45) is -3.32. The molecule has 1 N–H and O–H groups in total. The minimum absolute atomic E-state index is 0.0385. The number of aliphatic carboxylic acids is 1. The summed E-state index contributed by atoms with van der Waals surface area (Å²) in [4.78, 5) is 36.3. The zero-order chi connectivity index (χ0) is 25.2. The molecule has 13 heteroatoms. The number of aromatic nitrogens is 2. The molecular weight excluding hydrogens is 545 g/mol. The number of thioether (sulfide) groups is 1. The van der Waals surface area contributed by atoms with Crippen molar-refractivity contribution in [2.45, 2.75) is 11.6 Å². The number of carboxylic acid groups (broad SMARTS) is 1. The lowest BCUT2D eigenvalue weighted by Crippen LogP contribution is -2.40. The van der Waals surface area contributed by atoms with Gasteiger partial charge in [0.2, 0.25) is 5.44 Å². The Morgan fingerprint density at radius 3 is 2.32 bits per heavy atom. The van der Waals surface area contributed by atoms with Crippen molar-refractivity contribution in [2.75, 3.05) is 6.26 Å². The van der Waals surface area contributed by atoms with E-state index in [4.69, 9.17) is 9.47 Å². The maximum absolute atomic E-state index is 13.1. The van der Waals surface area contributed by atoms with Gasteiger partial charge in [-0.05, 0) is 46.5 Å². The van der Waals surface area contributed by atoms with Crippen LogP contribution in [-0.2, 0) is 18.0 Å². The molecule has 0 aliphatic heterocycles. The molecule has 0 fully saturated rings. The number of hydrogen-bond donors (Lipinski definition) is 1. The van der Waals surface area contributed by atoms with Crippen LogP contribution in [0.25, 0.3) is 5.69 Å². The molecule has 1 unspecified atom stereocenters. The highest BCUT2D eigenvalue weighted by Gasteiger charge is 2.35. The van der Waals surface area contributed by atoms with E-state index in [0.717, 1.165) is 18.8 Å². The van der Waals surface area contributed by atoms with E-state index in [0.29, 0.717) is 19.7 Å². The number of ether oxygens (including phenoxy) is 2. The van der Waals surface area contributed by atoms with Gasteiger partial charge in [0.15, 0.2) is 11.5 Å². The Labute approximate surface area is 202 Å². The van der Waals surface area contributed by atoms with Gasteiger partial charge in [0.1, 0.15) is 11.4 Å². The first-order valence-corrected chi connectivity index (χ1v) is 11.4. The predicted octanol–water partition coefficient (Wildman–Crippen LogP) is 4.26. The number of rotatable bonds is 7. The number of carboxylic acids is 1. The molecule has 0 radical (unpaired) electrons. The van der Waals surface area contributed by atoms with E-state index in [1.165, 1.54) is 30.3 Å². The quantitative estimate of drug-likeness (QED) is 0.431. The largest absolute Gasteiger partial charge is 0.478 e. The van der Waals surface area contributed by atoms with Crippen LogP contribution < -0.4 is 20.7 Å². The summed E-state index contributed by atoms with van der Waals surface area (Å²) < 4.78 is 52.0. The molecule has 0 aliphatic carbocycles. The van der Waals surface area contributed by atoms with Crippen LogP contribution in [0.2, 0.25) is 0 Å². The molecule has 0 spiro atoms.